The number of piperidine rings is 1. The number of anilines is 1. The van der Waals surface area contributed by atoms with Gasteiger partial charge in [-0.2, -0.15) is 5.10 Å². The number of fused-ring (bicyclic) bond motifs is 1. The smallest absolute Gasteiger partial charge is 0.260 e. The molecule has 1 N–H and O–H groups in total. The van der Waals surface area contributed by atoms with Crippen LogP contribution in [0.1, 0.15) is 47.1 Å². The van der Waals surface area contributed by atoms with Crippen LogP contribution in [0.2, 0.25) is 0 Å². The zero-order valence-electron chi connectivity index (χ0n) is 16.1. The topological polar surface area (TPSA) is 63.1 Å². The molecule has 8 heteroatoms. The van der Waals surface area contributed by atoms with Crippen LogP contribution >= 0.6 is 0 Å². The molecule has 28 heavy (non-hydrogen) atoms. The van der Waals surface area contributed by atoms with Gasteiger partial charge in [-0.05, 0) is 51.2 Å². The molecule has 2 aliphatic rings. The van der Waals surface area contributed by atoms with Crippen LogP contribution in [0.25, 0.3) is 0 Å². The summed E-state index contributed by atoms with van der Waals surface area (Å²) < 4.78 is 28.6. The van der Waals surface area contributed by atoms with Gasteiger partial charge in [0.05, 0.1) is 11.3 Å². The third-order valence-electron chi connectivity index (χ3n) is 5.85. The summed E-state index contributed by atoms with van der Waals surface area (Å²) in [6.07, 6.45) is 1.12. The Kier molecular flexibility index (Phi) is 5.03. The van der Waals surface area contributed by atoms with Gasteiger partial charge in [0.2, 0.25) is 0 Å². The van der Waals surface area contributed by atoms with Gasteiger partial charge in [-0.25, -0.2) is 13.5 Å². The molecule has 0 aliphatic carbocycles. The van der Waals surface area contributed by atoms with Crippen molar-refractivity contribution in [2.45, 2.75) is 51.6 Å². The van der Waals surface area contributed by atoms with E-state index >= 15 is 0 Å². The number of likely N-dealkylation sites (tertiary alicyclic amines) is 1. The number of aryl methyl sites for hydroxylation is 2. The van der Waals surface area contributed by atoms with Crippen molar-refractivity contribution in [3.63, 3.8) is 0 Å². The second-order valence-electron chi connectivity index (χ2n) is 7.82. The minimum atomic E-state index is -2.45. The van der Waals surface area contributed by atoms with Crippen molar-refractivity contribution in [3.05, 3.63) is 41.3 Å². The lowest BCUT2D eigenvalue weighted by Crippen LogP contribution is -2.46. The maximum atomic E-state index is 13.6. The maximum Gasteiger partial charge on any atom is 0.260 e. The predicted octanol–water partition coefficient (Wildman–Crippen LogP) is 3.44. The highest BCUT2D eigenvalue weighted by Gasteiger charge is 2.38. The summed E-state index contributed by atoms with van der Waals surface area (Å²) in [7, 11) is 0. The second kappa shape index (κ2) is 7.48. The van der Waals surface area contributed by atoms with E-state index < -0.39 is 12.5 Å². The van der Waals surface area contributed by atoms with Crippen molar-refractivity contribution in [1.29, 1.82) is 0 Å². The third kappa shape index (κ3) is 3.59. The first-order valence-corrected chi connectivity index (χ1v) is 9.75. The molecule has 2 atom stereocenters. The van der Waals surface area contributed by atoms with Crippen LogP contribution in [0.4, 0.5) is 14.6 Å². The van der Waals surface area contributed by atoms with E-state index in [1.165, 1.54) is 4.68 Å². The molecule has 0 spiro atoms. The van der Waals surface area contributed by atoms with Gasteiger partial charge in [-0.15, -0.1) is 0 Å². The van der Waals surface area contributed by atoms with E-state index in [-0.39, 0.29) is 17.9 Å². The molecule has 4 rings (SSSR count). The Morgan fingerprint density at radius 2 is 1.96 bits per heavy atom. The molecule has 6 nitrogen and oxygen atoms in total. The number of carbonyl (C=O) groups is 1. The number of nitrogens with zero attached hydrogens (tertiary/aromatic N) is 4. The Morgan fingerprint density at radius 3 is 2.61 bits per heavy atom. The number of aromatic nitrogens is 3. The Labute approximate surface area is 162 Å². The molecule has 1 saturated heterocycles. The van der Waals surface area contributed by atoms with Gasteiger partial charge in [0.1, 0.15) is 11.9 Å². The molecule has 2 aromatic rings. The average Bonchev–Trinajstić information content (AvgIpc) is 3.07. The summed E-state index contributed by atoms with van der Waals surface area (Å²) in [5.74, 6) is 0.912. The monoisotopic (exact) mass is 389 g/mol. The van der Waals surface area contributed by atoms with Crippen molar-refractivity contribution in [1.82, 2.24) is 19.7 Å². The van der Waals surface area contributed by atoms with Crippen LogP contribution in [-0.4, -0.2) is 51.1 Å². The van der Waals surface area contributed by atoms with Crippen LogP contribution in [0.3, 0.4) is 0 Å². The molecular weight excluding hydrogens is 364 g/mol. The predicted molar refractivity (Wildman–Crippen MR) is 102 cm³/mol. The molecule has 4 heterocycles. The summed E-state index contributed by atoms with van der Waals surface area (Å²) in [6.45, 7) is 4.96. The summed E-state index contributed by atoms with van der Waals surface area (Å²) in [6, 6.07) is 4.54. The Hall–Kier alpha value is -2.51. The van der Waals surface area contributed by atoms with E-state index in [4.69, 9.17) is 0 Å². The highest BCUT2D eigenvalue weighted by atomic mass is 19.3. The van der Waals surface area contributed by atoms with Gasteiger partial charge >= 0.3 is 0 Å². The largest absolute Gasteiger partial charge is 0.367 e. The van der Waals surface area contributed by atoms with E-state index in [0.717, 1.165) is 24.2 Å². The fourth-order valence-electron chi connectivity index (χ4n) is 4.29. The zero-order valence-corrected chi connectivity index (χ0v) is 16.1. The summed E-state index contributed by atoms with van der Waals surface area (Å²) in [5, 5.41) is 7.63. The highest BCUT2D eigenvalue weighted by Crippen LogP contribution is 2.37. The normalized spacial score (nSPS) is 22.8. The minimum Gasteiger partial charge on any atom is -0.367 e. The first kappa shape index (κ1) is 18.8. The number of amides is 1. The van der Waals surface area contributed by atoms with Crippen LogP contribution in [0.5, 0.6) is 0 Å². The van der Waals surface area contributed by atoms with Crippen molar-refractivity contribution in [2.24, 2.45) is 5.92 Å². The summed E-state index contributed by atoms with van der Waals surface area (Å²) >= 11 is 0. The van der Waals surface area contributed by atoms with Crippen molar-refractivity contribution in [3.8, 4) is 0 Å². The fourth-order valence-corrected chi connectivity index (χ4v) is 4.29. The quantitative estimate of drug-likeness (QED) is 0.874. The van der Waals surface area contributed by atoms with Crippen LogP contribution < -0.4 is 5.32 Å². The van der Waals surface area contributed by atoms with Gasteiger partial charge < -0.3 is 10.2 Å². The van der Waals surface area contributed by atoms with Crippen molar-refractivity contribution >= 4 is 11.7 Å². The average molecular weight is 389 g/mol. The molecule has 150 valence electrons. The van der Waals surface area contributed by atoms with E-state index in [1.807, 2.05) is 30.9 Å². The standard InChI is InChI=1S/C20H25F2N5O/c1-12-3-4-15(11-23-12)20(28)26-7-5-14(6-8-26)16-10-17(19(21)22)27-18(24-16)9-13(2)25-27/h3-4,9,11,14,16-17,19,24H,5-8,10H2,1-2H3/t16-,17+/m0/s1. The van der Waals surface area contributed by atoms with Crippen LogP contribution in [-0.2, 0) is 0 Å². The number of rotatable bonds is 3. The number of halogens is 2. The lowest BCUT2D eigenvalue weighted by molar-refractivity contribution is 0.0539. The van der Waals surface area contributed by atoms with Gasteiger partial charge in [0, 0.05) is 37.1 Å². The minimum absolute atomic E-state index is 0.0123. The van der Waals surface area contributed by atoms with Crippen molar-refractivity contribution in [2.75, 3.05) is 18.4 Å². The first-order valence-electron chi connectivity index (χ1n) is 9.75. The molecule has 1 amide bonds. The SMILES string of the molecule is Cc1ccc(C(=O)N2CCC([C@@H]3C[C@H](C(F)F)n4nc(C)cc4N3)CC2)cn1. The number of nitrogens with one attached hydrogen (secondary N) is 1. The molecule has 0 unspecified atom stereocenters. The first-order chi connectivity index (χ1) is 13.4. The zero-order chi connectivity index (χ0) is 19.8. The summed E-state index contributed by atoms with van der Waals surface area (Å²) in [5.41, 5.74) is 2.21. The number of pyridine rings is 1. The molecule has 0 aromatic carbocycles. The van der Waals surface area contributed by atoms with Crippen LogP contribution in [0, 0.1) is 19.8 Å². The second-order valence-corrected chi connectivity index (χ2v) is 7.82. The van der Waals surface area contributed by atoms with E-state index in [2.05, 4.69) is 15.4 Å². The summed E-state index contributed by atoms with van der Waals surface area (Å²) in [4.78, 5) is 18.7. The maximum absolute atomic E-state index is 13.6. The molecular formula is C20H25F2N5O. The van der Waals surface area contributed by atoms with E-state index in [9.17, 15) is 13.6 Å². The highest BCUT2D eigenvalue weighted by molar-refractivity contribution is 5.94. The molecule has 0 saturated carbocycles. The number of carbonyl (C=O) groups excluding carboxylic acids is 1. The van der Waals surface area contributed by atoms with Gasteiger partial charge in [-0.1, -0.05) is 0 Å². The molecule has 2 aliphatic heterocycles. The van der Waals surface area contributed by atoms with E-state index in [0.29, 0.717) is 30.9 Å². The van der Waals surface area contributed by atoms with E-state index in [1.54, 1.807) is 12.3 Å². The Morgan fingerprint density at radius 1 is 1.21 bits per heavy atom. The fraction of sp³-hybridized carbons (Fsp3) is 0.550. The van der Waals surface area contributed by atoms with Gasteiger partial charge in [0.25, 0.3) is 12.3 Å². The number of hydrogen-bond acceptors (Lipinski definition) is 4. The molecule has 1 fully saturated rings. The van der Waals surface area contributed by atoms with Gasteiger partial charge in [-0.3, -0.25) is 9.78 Å². The Balaban J connectivity index is 1.41. The Bertz CT molecular complexity index is 843. The number of hydrogen-bond donors (Lipinski definition) is 1. The van der Waals surface area contributed by atoms with Crippen LogP contribution in [0.15, 0.2) is 24.4 Å². The lowest BCUT2D eigenvalue weighted by atomic mass is 9.85. The molecule has 0 radical (unpaired) electrons. The third-order valence-corrected chi connectivity index (χ3v) is 5.85. The van der Waals surface area contributed by atoms with Gasteiger partial charge in [0.15, 0.2) is 0 Å². The lowest BCUT2D eigenvalue weighted by Gasteiger charge is -2.40. The molecule has 0 bridgehead atoms. The van der Waals surface area contributed by atoms with Crippen molar-refractivity contribution < 1.29 is 13.6 Å². The molecule has 2 aromatic heterocycles. The number of alkyl halides is 2.